The third-order valence-electron chi connectivity index (χ3n) is 7.02. The normalized spacial score (nSPS) is 15.3. The molecular weight excluding hydrogens is 524 g/mol. The number of nitrogens with two attached hydrogens (primary N) is 1. The lowest BCUT2D eigenvalue weighted by atomic mass is 10.1. The first-order chi connectivity index (χ1) is 18.5. The van der Waals surface area contributed by atoms with Gasteiger partial charge in [-0.15, -0.1) is 12.4 Å². The molecule has 8 nitrogen and oxygen atoms in total. The Balaban J connectivity index is 0.00000308. The van der Waals surface area contributed by atoms with Crippen molar-refractivity contribution in [1.29, 1.82) is 5.26 Å². The first-order valence-electron chi connectivity index (χ1n) is 12.3. The van der Waals surface area contributed by atoms with E-state index < -0.39 is 17.2 Å². The molecule has 198 valence electrons. The van der Waals surface area contributed by atoms with Gasteiger partial charge in [-0.25, -0.2) is 13.8 Å². The summed E-state index contributed by atoms with van der Waals surface area (Å²) < 4.78 is 31.2. The van der Waals surface area contributed by atoms with Gasteiger partial charge in [0.1, 0.15) is 28.5 Å². The Morgan fingerprint density at radius 3 is 2.69 bits per heavy atom. The molecule has 0 radical (unpaired) electrons. The number of hydrogen-bond donors (Lipinski definition) is 1. The van der Waals surface area contributed by atoms with E-state index in [2.05, 4.69) is 16.0 Å². The van der Waals surface area contributed by atoms with Gasteiger partial charge in [-0.05, 0) is 36.4 Å². The number of aromatic nitrogens is 4. The molecule has 0 bridgehead atoms. The number of anilines is 1. The highest BCUT2D eigenvalue weighted by atomic mass is 35.5. The molecule has 39 heavy (non-hydrogen) atoms. The van der Waals surface area contributed by atoms with Gasteiger partial charge in [0.05, 0.1) is 24.3 Å². The van der Waals surface area contributed by atoms with Crippen molar-refractivity contribution in [3.63, 3.8) is 0 Å². The maximum Gasteiger partial charge on any atom is 0.278 e. The quantitative estimate of drug-likeness (QED) is 0.360. The summed E-state index contributed by atoms with van der Waals surface area (Å²) in [6, 6.07) is 15.1. The molecule has 1 aliphatic rings. The van der Waals surface area contributed by atoms with E-state index in [0.717, 1.165) is 35.7 Å². The summed E-state index contributed by atoms with van der Waals surface area (Å²) in [4.78, 5) is 24.9. The van der Waals surface area contributed by atoms with Gasteiger partial charge in [-0.3, -0.25) is 18.9 Å². The van der Waals surface area contributed by atoms with Gasteiger partial charge in [-0.2, -0.15) is 5.26 Å². The smallest absolute Gasteiger partial charge is 0.278 e. The first-order valence-corrected chi connectivity index (χ1v) is 12.3. The highest BCUT2D eigenvalue weighted by molar-refractivity contribution is 5.91. The van der Waals surface area contributed by atoms with Crippen LogP contribution in [-0.2, 0) is 6.54 Å². The second-order valence-corrected chi connectivity index (χ2v) is 9.45. The number of hydrogen-bond acceptors (Lipinski definition) is 6. The minimum atomic E-state index is -1.06. The van der Waals surface area contributed by atoms with Gasteiger partial charge in [0.25, 0.3) is 5.56 Å². The zero-order chi connectivity index (χ0) is 26.4. The van der Waals surface area contributed by atoms with Gasteiger partial charge in [0.15, 0.2) is 11.6 Å². The number of pyridine rings is 1. The molecule has 1 fully saturated rings. The fraction of sp³-hybridized carbons (Fsp3) is 0.214. The van der Waals surface area contributed by atoms with Crippen LogP contribution >= 0.6 is 12.4 Å². The predicted molar refractivity (Wildman–Crippen MR) is 147 cm³/mol. The van der Waals surface area contributed by atoms with Crippen LogP contribution in [0.2, 0.25) is 0 Å². The average molecular weight is 548 g/mol. The van der Waals surface area contributed by atoms with E-state index >= 15 is 0 Å². The SMILES string of the molecule is Cl.N#Cc1c(N2CCCC(N)C2)n(-c2ccc(F)c(F)c2)c2c(=O)n(Cc3nccc4ccccc34)cnc12. The van der Waals surface area contributed by atoms with E-state index in [9.17, 15) is 18.8 Å². The summed E-state index contributed by atoms with van der Waals surface area (Å²) >= 11 is 0. The van der Waals surface area contributed by atoms with Gasteiger partial charge in [-0.1, -0.05) is 24.3 Å². The fourth-order valence-electron chi connectivity index (χ4n) is 5.25. The lowest BCUT2D eigenvalue weighted by Gasteiger charge is -2.33. The summed E-state index contributed by atoms with van der Waals surface area (Å²) in [6.45, 7) is 1.18. The fourth-order valence-corrected chi connectivity index (χ4v) is 5.25. The number of rotatable bonds is 4. The van der Waals surface area contributed by atoms with Crippen LogP contribution in [0.1, 0.15) is 24.1 Å². The first kappa shape index (κ1) is 26.3. The molecule has 1 atom stereocenters. The van der Waals surface area contributed by atoms with Gasteiger partial charge >= 0.3 is 0 Å². The van der Waals surface area contributed by atoms with Crippen LogP contribution < -0.4 is 16.2 Å². The Labute approximate surface area is 228 Å². The third-order valence-corrected chi connectivity index (χ3v) is 7.02. The number of fused-ring (bicyclic) bond motifs is 2. The van der Waals surface area contributed by atoms with Crippen LogP contribution in [0.5, 0.6) is 0 Å². The molecular formula is C28H24ClF2N7O. The molecule has 1 unspecified atom stereocenters. The second-order valence-electron chi connectivity index (χ2n) is 9.45. The number of benzene rings is 2. The van der Waals surface area contributed by atoms with E-state index in [1.54, 1.807) is 6.20 Å². The molecule has 0 amide bonds. The van der Waals surface area contributed by atoms with E-state index in [1.807, 2.05) is 35.2 Å². The molecule has 6 rings (SSSR count). The Kier molecular flexibility index (Phi) is 7.04. The minimum absolute atomic E-state index is 0. The Hall–Kier alpha value is -4.33. The monoisotopic (exact) mass is 547 g/mol. The predicted octanol–water partition coefficient (Wildman–Crippen LogP) is 4.28. The summed E-state index contributed by atoms with van der Waals surface area (Å²) in [5, 5.41) is 12.1. The Bertz CT molecular complexity index is 1810. The molecule has 4 heterocycles. The molecule has 0 spiro atoms. The lowest BCUT2D eigenvalue weighted by Crippen LogP contribution is -2.43. The molecule has 3 aromatic heterocycles. The second kappa shape index (κ2) is 10.4. The molecule has 1 saturated heterocycles. The molecule has 2 N–H and O–H groups in total. The summed E-state index contributed by atoms with van der Waals surface area (Å²) in [5.74, 6) is -1.67. The van der Waals surface area contributed by atoms with Crippen molar-refractivity contribution < 1.29 is 8.78 Å². The standard InChI is InChI=1S/C28H23F2N7O.ClH/c29-22-8-7-19(12-23(22)30)37-26-25(21(13-31)27(37)35-11-3-5-18(32)14-35)34-16-36(28(26)38)15-24-20-6-2-1-4-17(20)9-10-33-24;/h1-2,4,6-10,12,16,18H,3,5,11,14-15,32H2;1H. The van der Waals surface area contributed by atoms with Crippen LogP contribution in [-0.4, -0.2) is 38.2 Å². The van der Waals surface area contributed by atoms with Gasteiger partial charge in [0.2, 0.25) is 0 Å². The molecule has 2 aromatic carbocycles. The number of piperidine rings is 1. The van der Waals surface area contributed by atoms with Crippen LogP contribution in [0.3, 0.4) is 0 Å². The highest BCUT2D eigenvalue weighted by Gasteiger charge is 2.29. The number of nitrogens with zero attached hydrogens (tertiary/aromatic N) is 6. The topological polar surface area (TPSA) is 106 Å². The van der Waals surface area contributed by atoms with Crippen molar-refractivity contribution in [2.45, 2.75) is 25.4 Å². The van der Waals surface area contributed by atoms with Crippen LogP contribution in [0.15, 0.2) is 65.8 Å². The van der Waals surface area contributed by atoms with Gasteiger partial charge in [0, 0.05) is 36.8 Å². The zero-order valence-corrected chi connectivity index (χ0v) is 21.5. The van der Waals surface area contributed by atoms with Crippen LogP contribution in [0.4, 0.5) is 14.6 Å². The number of nitriles is 1. The molecule has 0 saturated carbocycles. The summed E-state index contributed by atoms with van der Waals surface area (Å²) in [5.41, 5.74) is 7.18. The summed E-state index contributed by atoms with van der Waals surface area (Å²) in [7, 11) is 0. The molecule has 1 aliphatic heterocycles. The van der Waals surface area contributed by atoms with E-state index in [-0.39, 0.29) is 47.3 Å². The maximum absolute atomic E-state index is 14.4. The van der Waals surface area contributed by atoms with E-state index in [0.29, 0.717) is 24.6 Å². The lowest BCUT2D eigenvalue weighted by molar-refractivity contribution is 0.500. The van der Waals surface area contributed by atoms with Crippen molar-refractivity contribution >= 4 is 40.0 Å². The van der Waals surface area contributed by atoms with E-state index in [4.69, 9.17) is 5.73 Å². The Morgan fingerprint density at radius 2 is 1.92 bits per heavy atom. The van der Waals surface area contributed by atoms with Crippen molar-refractivity contribution in [1.82, 2.24) is 19.1 Å². The summed E-state index contributed by atoms with van der Waals surface area (Å²) in [6.07, 6.45) is 4.70. The van der Waals surface area contributed by atoms with Crippen LogP contribution in [0, 0.1) is 23.0 Å². The van der Waals surface area contributed by atoms with Crippen molar-refractivity contribution in [2.24, 2.45) is 5.73 Å². The largest absolute Gasteiger partial charge is 0.355 e. The zero-order valence-electron chi connectivity index (χ0n) is 20.7. The maximum atomic E-state index is 14.4. The van der Waals surface area contributed by atoms with Crippen LogP contribution in [0.25, 0.3) is 27.5 Å². The van der Waals surface area contributed by atoms with Crippen molar-refractivity contribution in [2.75, 3.05) is 18.0 Å². The van der Waals surface area contributed by atoms with Crippen molar-refractivity contribution in [3.8, 4) is 11.8 Å². The molecule has 0 aliphatic carbocycles. The average Bonchev–Trinajstić information content (AvgIpc) is 3.27. The molecule has 11 heteroatoms. The Morgan fingerprint density at radius 1 is 1.10 bits per heavy atom. The minimum Gasteiger partial charge on any atom is -0.355 e. The van der Waals surface area contributed by atoms with Gasteiger partial charge < -0.3 is 10.6 Å². The third kappa shape index (κ3) is 4.50. The molecule has 5 aromatic rings. The van der Waals surface area contributed by atoms with E-state index in [1.165, 1.54) is 21.5 Å². The highest BCUT2D eigenvalue weighted by Crippen LogP contribution is 2.35. The number of halogens is 3. The van der Waals surface area contributed by atoms with Crippen molar-refractivity contribution in [3.05, 3.63) is 94.3 Å².